The monoisotopic (exact) mass is 681 g/mol. The Bertz CT molecular complexity index is 2580. The molecule has 0 saturated heterocycles. The van der Waals surface area contributed by atoms with Gasteiger partial charge in [-0.1, -0.05) is 162 Å². The molecule has 0 radical (unpaired) electrons. The van der Waals surface area contributed by atoms with Crippen LogP contribution in [0.4, 0.5) is 17.1 Å². The highest BCUT2D eigenvalue weighted by Gasteiger charge is 2.43. The Balaban J connectivity index is 1.23. The number of fused-ring (bicyclic) bond motifs is 6. The number of anilines is 3. The zero-order chi connectivity index (χ0) is 36.5. The molecule has 9 rings (SSSR count). The van der Waals surface area contributed by atoms with Gasteiger partial charge in [-0.2, -0.15) is 0 Å². The molecule has 0 fully saturated rings. The summed E-state index contributed by atoms with van der Waals surface area (Å²) in [5.41, 5.74) is 18.6. The topological polar surface area (TPSA) is 3.24 Å². The van der Waals surface area contributed by atoms with Gasteiger partial charge in [0.2, 0.25) is 0 Å². The van der Waals surface area contributed by atoms with E-state index >= 15 is 0 Å². The van der Waals surface area contributed by atoms with Crippen LogP contribution in [0.15, 0.2) is 164 Å². The van der Waals surface area contributed by atoms with E-state index in [9.17, 15) is 0 Å². The zero-order valence-corrected chi connectivity index (χ0v) is 30.9. The third kappa shape index (κ3) is 5.06. The lowest BCUT2D eigenvalue weighted by Crippen LogP contribution is -2.27. The molecule has 0 saturated carbocycles. The van der Waals surface area contributed by atoms with Crippen molar-refractivity contribution in [1.29, 1.82) is 0 Å². The van der Waals surface area contributed by atoms with Crippen LogP contribution in [0.3, 0.4) is 0 Å². The van der Waals surface area contributed by atoms with Crippen LogP contribution in [0.5, 0.6) is 0 Å². The Kier molecular flexibility index (Phi) is 7.54. The van der Waals surface area contributed by atoms with Crippen LogP contribution in [0.2, 0.25) is 0 Å². The van der Waals surface area contributed by atoms with Gasteiger partial charge in [0, 0.05) is 22.2 Å². The zero-order valence-electron chi connectivity index (χ0n) is 30.9. The van der Waals surface area contributed by atoms with Crippen molar-refractivity contribution in [1.82, 2.24) is 0 Å². The normalized spacial score (nSPS) is 14.6. The third-order valence-electron chi connectivity index (χ3n) is 11.7. The maximum Gasteiger partial charge on any atom is 0.0508 e. The van der Waals surface area contributed by atoms with Crippen molar-refractivity contribution in [3.8, 4) is 44.5 Å². The van der Waals surface area contributed by atoms with Crippen molar-refractivity contribution in [3.63, 3.8) is 0 Å². The molecular formula is C52H43N. The molecule has 1 heteroatoms. The molecule has 0 amide bonds. The first-order valence-electron chi connectivity index (χ1n) is 18.6. The van der Waals surface area contributed by atoms with E-state index in [1.54, 1.807) is 0 Å². The fraction of sp³-hybridized carbons (Fsp3) is 0.115. The predicted molar refractivity (Wildman–Crippen MR) is 227 cm³/mol. The Morgan fingerprint density at radius 1 is 0.491 bits per heavy atom. The number of allylic oxidation sites excluding steroid dienone is 1. The second-order valence-corrected chi connectivity index (χ2v) is 15.5. The number of benzene rings is 7. The summed E-state index contributed by atoms with van der Waals surface area (Å²) in [7, 11) is 0. The van der Waals surface area contributed by atoms with Gasteiger partial charge in [-0.25, -0.2) is 0 Å². The summed E-state index contributed by atoms with van der Waals surface area (Å²) in [5, 5.41) is 2.20. The van der Waals surface area contributed by atoms with Gasteiger partial charge in [-0.3, -0.25) is 0 Å². The minimum atomic E-state index is -0.264. The summed E-state index contributed by atoms with van der Waals surface area (Å²) in [6.07, 6.45) is 4.02. The smallest absolute Gasteiger partial charge is 0.0508 e. The van der Waals surface area contributed by atoms with Gasteiger partial charge in [0.1, 0.15) is 0 Å². The SMILES string of the molecule is C=C/C=c1/c2c(ccc1=C)C(C)(C)c1cc3c(cc1-2)C(C)(C)c1c-3cccc1N(c1ccc(-c2ccccc2)cc1)c1ccc(-c2ccccc2)cc1. The van der Waals surface area contributed by atoms with Crippen molar-refractivity contribution < 1.29 is 0 Å². The maximum absolute atomic E-state index is 4.42. The highest BCUT2D eigenvalue weighted by atomic mass is 15.1. The predicted octanol–water partition coefficient (Wildman–Crippen LogP) is 12.5. The molecule has 0 N–H and O–H groups in total. The van der Waals surface area contributed by atoms with Gasteiger partial charge in [-0.15, -0.1) is 0 Å². The van der Waals surface area contributed by atoms with Crippen LogP contribution >= 0.6 is 0 Å². The van der Waals surface area contributed by atoms with E-state index < -0.39 is 0 Å². The standard InChI is InChI=1S/C52H43N/c1-7-15-41-34(2)22-31-45-49(41)44-33-46-43(32-47(44)51(45,3)4)42-20-14-21-48(50(42)52(46,5)6)53(39-27-23-37(24-28-39)35-16-10-8-11-17-35)40-29-25-38(26-30-40)36-18-12-9-13-19-36/h7-33H,1-2H2,3-6H3/b41-15+. The summed E-state index contributed by atoms with van der Waals surface area (Å²) in [6, 6.07) is 55.6. The van der Waals surface area contributed by atoms with E-state index in [2.05, 4.69) is 203 Å². The van der Waals surface area contributed by atoms with E-state index in [-0.39, 0.29) is 10.8 Å². The van der Waals surface area contributed by atoms with Gasteiger partial charge in [-0.05, 0) is 120 Å². The molecule has 0 unspecified atom stereocenters. The molecule has 2 aliphatic carbocycles. The van der Waals surface area contributed by atoms with Crippen LogP contribution in [-0.2, 0) is 10.8 Å². The van der Waals surface area contributed by atoms with E-state index in [0.717, 1.165) is 16.6 Å². The van der Waals surface area contributed by atoms with Crippen LogP contribution in [0.1, 0.15) is 49.9 Å². The summed E-state index contributed by atoms with van der Waals surface area (Å²) in [6.45, 7) is 18.0. The number of hydrogen-bond donors (Lipinski definition) is 0. The average Bonchev–Trinajstić information content (AvgIpc) is 3.55. The lowest BCUT2D eigenvalue weighted by molar-refractivity contribution is 0.652. The molecular weight excluding hydrogens is 639 g/mol. The van der Waals surface area contributed by atoms with Gasteiger partial charge in [0.15, 0.2) is 0 Å². The molecule has 7 aromatic rings. The van der Waals surface area contributed by atoms with Crippen LogP contribution in [0.25, 0.3) is 57.2 Å². The molecule has 7 aromatic carbocycles. The summed E-state index contributed by atoms with van der Waals surface area (Å²) in [4.78, 5) is 2.45. The number of hydrogen-bond acceptors (Lipinski definition) is 1. The molecule has 0 heterocycles. The molecule has 2 aliphatic rings. The lowest BCUT2D eigenvalue weighted by atomic mass is 9.79. The Morgan fingerprint density at radius 2 is 1.02 bits per heavy atom. The lowest BCUT2D eigenvalue weighted by Gasteiger charge is -2.32. The molecule has 0 spiro atoms. The first-order valence-corrected chi connectivity index (χ1v) is 18.6. The number of nitrogens with zero attached hydrogens (tertiary/aromatic N) is 1. The van der Waals surface area contributed by atoms with Crippen molar-refractivity contribution in [2.75, 3.05) is 4.90 Å². The molecule has 0 aromatic heterocycles. The first kappa shape index (κ1) is 32.7. The van der Waals surface area contributed by atoms with Crippen LogP contribution in [0, 0.1) is 0 Å². The van der Waals surface area contributed by atoms with E-state index in [0.29, 0.717) is 0 Å². The largest absolute Gasteiger partial charge is 0.310 e. The first-order chi connectivity index (χ1) is 25.7. The third-order valence-corrected chi connectivity index (χ3v) is 11.7. The Hall–Kier alpha value is -6.18. The highest BCUT2D eigenvalue weighted by molar-refractivity contribution is 5.94. The minimum Gasteiger partial charge on any atom is -0.310 e. The second kappa shape index (κ2) is 12.2. The molecule has 1 nitrogen and oxygen atoms in total. The Labute approximate surface area is 313 Å². The van der Waals surface area contributed by atoms with Crippen molar-refractivity contribution in [2.45, 2.75) is 38.5 Å². The van der Waals surface area contributed by atoms with E-state index in [1.165, 1.54) is 77.7 Å². The van der Waals surface area contributed by atoms with Crippen LogP contribution < -0.4 is 15.3 Å². The molecule has 0 aliphatic heterocycles. The van der Waals surface area contributed by atoms with Crippen molar-refractivity contribution >= 4 is 29.7 Å². The summed E-state index contributed by atoms with van der Waals surface area (Å²) >= 11 is 0. The fourth-order valence-electron chi connectivity index (χ4n) is 9.03. The highest BCUT2D eigenvalue weighted by Crippen LogP contribution is 2.58. The summed E-state index contributed by atoms with van der Waals surface area (Å²) < 4.78 is 0. The fourth-order valence-corrected chi connectivity index (χ4v) is 9.03. The molecule has 53 heavy (non-hydrogen) atoms. The van der Waals surface area contributed by atoms with E-state index in [1.807, 2.05) is 6.08 Å². The number of rotatable bonds is 6. The molecule has 0 bridgehead atoms. The molecule has 0 atom stereocenters. The maximum atomic E-state index is 4.42. The van der Waals surface area contributed by atoms with Gasteiger partial charge >= 0.3 is 0 Å². The summed E-state index contributed by atoms with van der Waals surface area (Å²) in [5.74, 6) is 0. The van der Waals surface area contributed by atoms with Gasteiger partial charge < -0.3 is 4.90 Å². The van der Waals surface area contributed by atoms with E-state index in [4.69, 9.17) is 0 Å². The van der Waals surface area contributed by atoms with Crippen molar-refractivity contribution in [3.05, 3.63) is 197 Å². The average molecular weight is 682 g/mol. The second-order valence-electron chi connectivity index (χ2n) is 15.5. The minimum absolute atomic E-state index is 0.144. The molecule has 256 valence electrons. The van der Waals surface area contributed by atoms with Crippen LogP contribution in [-0.4, -0.2) is 0 Å². The van der Waals surface area contributed by atoms with Gasteiger partial charge in [0.05, 0.1) is 5.69 Å². The Morgan fingerprint density at radius 3 is 1.58 bits per heavy atom. The van der Waals surface area contributed by atoms with Gasteiger partial charge in [0.25, 0.3) is 0 Å². The van der Waals surface area contributed by atoms with Crippen molar-refractivity contribution in [2.24, 2.45) is 0 Å². The quantitative estimate of drug-likeness (QED) is 0.169.